The molecule has 8 aromatic heterocycles. The molecule has 7 aliphatic rings. The zero-order valence-corrected chi connectivity index (χ0v) is 72.9. The van der Waals surface area contributed by atoms with Gasteiger partial charge in [0.1, 0.15) is 49.4 Å². The number of nitrogens with one attached hydrogen (secondary N) is 1. The number of carbonyl (C=O) groups excluding carboxylic acids is 4. The maximum atomic E-state index is 13.7. The van der Waals surface area contributed by atoms with Gasteiger partial charge in [-0.1, -0.05) is 13.8 Å². The van der Waals surface area contributed by atoms with Crippen molar-refractivity contribution in [2.75, 3.05) is 83.3 Å². The number of methoxy groups -OCH3 is 1. The summed E-state index contributed by atoms with van der Waals surface area (Å²) in [4.78, 5) is 83.1. The monoisotopic (exact) mass is 1710 g/mol. The van der Waals surface area contributed by atoms with Gasteiger partial charge in [-0.3, -0.25) is 37.9 Å². The minimum absolute atomic E-state index is 0.0740. The number of hydrogen-bond acceptors (Lipinski definition) is 20. The number of thiazole rings is 4. The fraction of sp³-hybridized carbons (Fsp3) is 0.422. The molecule has 12 aromatic rings. The van der Waals surface area contributed by atoms with Crippen molar-refractivity contribution in [2.24, 2.45) is 0 Å². The van der Waals surface area contributed by atoms with E-state index in [1.807, 2.05) is 94.8 Å². The first-order valence-corrected chi connectivity index (χ1v) is 45.1. The first-order chi connectivity index (χ1) is 58.4. The summed E-state index contributed by atoms with van der Waals surface area (Å²) >= 11 is 6.48. The van der Waals surface area contributed by atoms with Crippen LogP contribution >= 0.6 is 45.3 Å². The third-order valence-corrected chi connectivity index (χ3v) is 27.7. The number of aromatic nitrogens is 12. The quantitative estimate of drug-likeness (QED) is 0.0720. The molecule has 0 bridgehead atoms. The molecule has 0 unspecified atom stereocenters. The molecule has 12 heterocycles. The Kier molecular flexibility index (Phi) is 25.2. The number of nitrogens with two attached hydrogens (primary N) is 2. The highest BCUT2D eigenvalue weighted by molar-refractivity contribution is 7.16. The van der Waals surface area contributed by atoms with Crippen LogP contribution in [0.3, 0.4) is 0 Å². The Balaban J connectivity index is 0.000000120. The van der Waals surface area contributed by atoms with Crippen LogP contribution in [0.4, 0.5) is 28.6 Å². The number of fused-ring (bicyclic) bond motifs is 4. The molecule has 121 heavy (non-hydrogen) atoms. The zero-order valence-electron chi connectivity index (χ0n) is 69.6. The molecule has 4 aromatic carbocycles. The Morgan fingerprint density at radius 3 is 1.10 bits per heavy atom. The number of rotatable bonds is 18. The Morgan fingerprint density at radius 2 is 0.744 bits per heavy atom. The molecule has 31 heteroatoms. The summed E-state index contributed by atoms with van der Waals surface area (Å²) in [6, 6.07) is 31.3. The van der Waals surface area contributed by atoms with E-state index in [2.05, 4.69) is 63.4 Å². The van der Waals surface area contributed by atoms with Gasteiger partial charge in [-0.05, 0) is 192 Å². The fourth-order valence-corrected chi connectivity index (χ4v) is 19.9. The molecule has 4 amide bonds. The Morgan fingerprint density at radius 1 is 0.421 bits per heavy atom. The lowest BCUT2D eigenvalue weighted by atomic mass is 10.1. The van der Waals surface area contributed by atoms with E-state index >= 15 is 0 Å². The van der Waals surface area contributed by atoms with Crippen LogP contribution in [0.25, 0.3) is 45.0 Å². The second-order valence-electron chi connectivity index (χ2n) is 32.7. The van der Waals surface area contributed by atoms with Crippen LogP contribution in [0.15, 0.2) is 103 Å². The first-order valence-electron chi connectivity index (χ1n) is 41.9. The number of carbonyl (C=O) groups is 4. The second kappa shape index (κ2) is 36.4. The standard InChI is InChI=1S/C23H26FN5OS.C23H25FN4OS.C22H24FN5OS.C22H27N5O2S/c1-14-11-16(5-6-17(14)24)19-12-20(15-3-4-15)29(27-19)13-22(30)28-9-7-18-21(8-10-28)31-23(25-2)26-18;1-14-11-17(5-6-18(14)24)20-12-21(16-3-4-16)28(26-20)13-23(29)27-9-7-19-22(8-10-27)30-15(2)25-19;1-13-10-15(4-5-16(13)23)18-11-19(14-2-3-14)28(26-18)12-21(29)27-8-6-17-20(7-9-27)30-22(24)25-17;1-14(2)19-12-18(15-4-6-16(29-3)7-5-15)25-27(19)13-21(28)26-10-8-17-20(9-11-26)30-22(23)24-17/h5-6,11-12,15H,3-4,7-10,13H2,1-2H3,(H,25,26);5-6,11-12,16H,3-4,7-10,13H2,1-2H3;4-5,10-11,14H,2-3,6-9,12H2,1H3,(H2,24,25);4-7,12,14H,8-11,13H2,1-3H3,(H2,23,24). The number of anilines is 3. The predicted molar refractivity (Wildman–Crippen MR) is 469 cm³/mol. The molecular weight excluding hydrogens is 1610 g/mol. The van der Waals surface area contributed by atoms with Crippen LogP contribution in [0.1, 0.15) is 163 Å². The Bertz CT molecular complexity index is 5520. The number of aryl methyl sites for hydroxylation is 4. The summed E-state index contributed by atoms with van der Waals surface area (Å²) in [5.74, 6) is 2.19. The van der Waals surface area contributed by atoms with E-state index in [0.717, 1.165) is 203 Å². The van der Waals surface area contributed by atoms with Crippen LogP contribution in [-0.4, -0.2) is 169 Å². The number of benzene rings is 4. The average Bonchev–Trinajstić information content (AvgIpc) is 1.65. The molecule has 24 nitrogen and oxygen atoms in total. The Hall–Kier alpha value is -10.9. The van der Waals surface area contributed by atoms with Gasteiger partial charge in [-0.25, -0.2) is 33.1 Å². The highest BCUT2D eigenvalue weighted by atomic mass is 32.1. The predicted octanol–water partition coefficient (Wildman–Crippen LogP) is 15.2. The number of hydrogen-bond donors (Lipinski definition) is 3. The lowest BCUT2D eigenvalue weighted by Crippen LogP contribution is -2.36. The molecule has 3 fully saturated rings. The topological polar surface area (TPSA) is 277 Å². The molecular formula is C90H102F3N19O5S4. The van der Waals surface area contributed by atoms with Crippen molar-refractivity contribution >= 4 is 84.4 Å². The summed E-state index contributed by atoms with van der Waals surface area (Å²) in [7, 11) is 3.54. The summed E-state index contributed by atoms with van der Waals surface area (Å²) in [5.41, 5.74) is 29.1. The smallest absolute Gasteiger partial charge is 0.244 e. The van der Waals surface area contributed by atoms with Crippen molar-refractivity contribution in [3.8, 4) is 50.8 Å². The van der Waals surface area contributed by atoms with Crippen LogP contribution in [-0.2, 0) is 96.7 Å². The number of nitrogens with zero attached hydrogens (tertiary/aromatic N) is 16. The third-order valence-electron chi connectivity index (χ3n) is 23.5. The zero-order chi connectivity index (χ0) is 84.4. The molecule has 632 valence electrons. The Labute approximate surface area is 718 Å². The van der Waals surface area contributed by atoms with Crippen LogP contribution in [0.2, 0.25) is 0 Å². The summed E-state index contributed by atoms with van der Waals surface area (Å²) in [6.45, 7) is 18.0. The van der Waals surface area contributed by atoms with Crippen molar-refractivity contribution in [1.82, 2.24) is 78.7 Å². The highest BCUT2D eigenvalue weighted by Gasteiger charge is 2.35. The lowest BCUT2D eigenvalue weighted by molar-refractivity contribution is -0.132. The largest absolute Gasteiger partial charge is 0.497 e. The number of amides is 4. The summed E-state index contributed by atoms with van der Waals surface area (Å²) < 4.78 is 53.7. The molecule has 0 spiro atoms. The average molecular weight is 1720 g/mol. The van der Waals surface area contributed by atoms with Gasteiger partial charge < -0.3 is 41.1 Å². The second-order valence-corrected chi connectivity index (χ2v) is 37.3. The van der Waals surface area contributed by atoms with E-state index in [1.165, 1.54) is 60.4 Å². The molecule has 3 aliphatic carbocycles. The minimum atomic E-state index is -0.221. The minimum Gasteiger partial charge on any atom is -0.497 e. The van der Waals surface area contributed by atoms with E-state index in [9.17, 15) is 32.3 Å². The van der Waals surface area contributed by atoms with Gasteiger partial charge in [0.2, 0.25) is 23.6 Å². The molecule has 0 radical (unpaired) electrons. The van der Waals surface area contributed by atoms with Gasteiger partial charge in [0.25, 0.3) is 0 Å². The third kappa shape index (κ3) is 19.9. The van der Waals surface area contributed by atoms with Crippen molar-refractivity contribution in [3.63, 3.8) is 0 Å². The van der Waals surface area contributed by atoms with Crippen molar-refractivity contribution in [2.45, 2.75) is 181 Å². The van der Waals surface area contributed by atoms with Crippen molar-refractivity contribution in [1.29, 1.82) is 0 Å². The van der Waals surface area contributed by atoms with Crippen LogP contribution in [0.5, 0.6) is 5.75 Å². The molecule has 0 saturated heterocycles. The van der Waals surface area contributed by atoms with Crippen molar-refractivity contribution in [3.05, 3.63) is 207 Å². The van der Waals surface area contributed by atoms with E-state index in [4.69, 9.17) is 36.6 Å². The van der Waals surface area contributed by atoms with Crippen molar-refractivity contribution < 1.29 is 37.1 Å². The SMILES string of the molecule is CNc1nc2c(s1)CCN(C(=O)Cn1nc(-c3ccc(F)c(C)c3)cc1C1CC1)CC2.COc1ccc(-c2cc(C(C)C)n(CC(=O)N3CCc4nc(N)sc4CC3)n2)cc1.Cc1cc(-c2cc(C3CC3)n(CC(=O)N3CCc4nc(N)sc4CC3)n2)ccc1F.Cc1nc2c(s1)CCN(C(=O)Cn1nc(-c3ccc(F)c(C)c3)cc1C1CC1)CC2. The van der Waals surface area contributed by atoms with Gasteiger partial charge in [0.15, 0.2) is 15.4 Å². The van der Waals surface area contributed by atoms with E-state index in [0.29, 0.717) is 90.5 Å². The molecule has 4 aliphatic heterocycles. The van der Waals surface area contributed by atoms with Gasteiger partial charge in [0.05, 0.1) is 57.7 Å². The summed E-state index contributed by atoms with van der Waals surface area (Å²) in [5, 5.41) is 25.4. The van der Waals surface area contributed by atoms with Crippen LogP contribution in [0, 0.1) is 45.1 Å². The van der Waals surface area contributed by atoms with Gasteiger partial charge in [-0.2, -0.15) is 20.4 Å². The molecule has 19 rings (SSSR count). The normalized spacial score (nSPS) is 15.7. The van der Waals surface area contributed by atoms with E-state index < -0.39 is 0 Å². The lowest BCUT2D eigenvalue weighted by Gasteiger charge is -2.21. The maximum absolute atomic E-state index is 13.7. The first kappa shape index (κ1) is 83.7. The molecule has 0 atom stereocenters. The maximum Gasteiger partial charge on any atom is 0.244 e. The van der Waals surface area contributed by atoms with E-state index in [1.54, 1.807) is 68.8 Å². The number of ether oxygens (including phenoxy) is 1. The molecule has 3 saturated carbocycles. The van der Waals surface area contributed by atoms with Gasteiger partial charge in [0, 0.05) is 193 Å². The van der Waals surface area contributed by atoms with E-state index in [-0.39, 0.29) is 73.2 Å². The van der Waals surface area contributed by atoms with Crippen LogP contribution < -0.4 is 21.5 Å². The number of halogens is 3. The summed E-state index contributed by atoms with van der Waals surface area (Å²) in [6.07, 6.45) is 13.2. The highest BCUT2D eigenvalue weighted by Crippen LogP contribution is 2.45. The molecule has 5 N–H and O–H groups in total. The fourth-order valence-electron chi connectivity index (χ4n) is 16.2. The van der Waals surface area contributed by atoms with Gasteiger partial charge >= 0.3 is 0 Å². The van der Waals surface area contributed by atoms with Gasteiger partial charge in [-0.15, -0.1) is 45.3 Å². The number of nitrogen functional groups attached to an aromatic ring is 2.